The zero-order chi connectivity index (χ0) is 20.0. The van der Waals surface area contributed by atoms with E-state index in [2.05, 4.69) is 21.2 Å². The molecule has 1 fully saturated rings. The summed E-state index contributed by atoms with van der Waals surface area (Å²) in [6, 6.07) is 9.52. The molecule has 8 nitrogen and oxygen atoms in total. The number of amides is 1. The predicted octanol–water partition coefficient (Wildman–Crippen LogP) is 1.89. The Bertz CT molecular complexity index is 927. The summed E-state index contributed by atoms with van der Waals surface area (Å²) in [5.41, 5.74) is 6.12. The van der Waals surface area contributed by atoms with Crippen LogP contribution in [0, 0.1) is 0 Å². The minimum absolute atomic E-state index is 0.175. The van der Waals surface area contributed by atoms with E-state index in [4.69, 9.17) is 12.2 Å². The molecule has 1 saturated heterocycles. The molecule has 1 amide bonds. The van der Waals surface area contributed by atoms with Crippen LogP contribution in [0.3, 0.4) is 0 Å². The molecule has 2 aromatic rings. The largest absolute Gasteiger partial charge is 0.331 e. The van der Waals surface area contributed by atoms with Gasteiger partial charge in [0.25, 0.3) is 5.91 Å². The van der Waals surface area contributed by atoms with Gasteiger partial charge in [-0.2, -0.15) is 4.31 Å². The van der Waals surface area contributed by atoms with Crippen LogP contribution in [0.2, 0.25) is 0 Å². The van der Waals surface area contributed by atoms with E-state index >= 15 is 0 Å². The molecule has 1 aromatic heterocycles. The van der Waals surface area contributed by atoms with Crippen molar-refractivity contribution in [2.75, 3.05) is 18.4 Å². The number of rotatable bonds is 4. The number of nitrogens with zero attached hydrogens (tertiary/aromatic N) is 2. The Hall–Kier alpha value is -2.56. The average Bonchev–Trinajstić information content (AvgIpc) is 2.73. The fraction of sp³-hybridized carbons (Fsp3) is 0.278. The van der Waals surface area contributed by atoms with Crippen LogP contribution in [0.25, 0.3) is 0 Å². The maximum atomic E-state index is 12.6. The molecule has 0 saturated carbocycles. The number of sulfonamides is 1. The summed E-state index contributed by atoms with van der Waals surface area (Å²) in [5.74, 6) is -0.352. The van der Waals surface area contributed by atoms with Crippen LogP contribution in [0.5, 0.6) is 0 Å². The van der Waals surface area contributed by atoms with Crippen molar-refractivity contribution in [1.29, 1.82) is 0 Å². The van der Waals surface area contributed by atoms with Crippen LogP contribution in [0.1, 0.15) is 29.6 Å². The second-order valence-electron chi connectivity index (χ2n) is 6.26. The number of nitrogens with one attached hydrogen (secondary N) is 3. The number of carbonyl (C=O) groups excluding carboxylic acids is 1. The molecule has 2 heterocycles. The lowest BCUT2D eigenvalue weighted by atomic mass is 10.2. The number of anilines is 1. The molecule has 28 heavy (non-hydrogen) atoms. The molecule has 1 aliphatic rings. The molecule has 0 bridgehead atoms. The van der Waals surface area contributed by atoms with Crippen molar-refractivity contribution in [3.63, 3.8) is 0 Å². The molecule has 0 unspecified atom stereocenters. The predicted molar refractivity (Wildman–Crippen MR) is 110 cm³/mol. The van der Waals surface area contributed by atoms with E-state index in [0.29, 0.717) is 24.3 Å². The van der Waals surface area contributed by atoms with E-state index in [1.807, 2.05) is 0 Å². The molecule has 0 spiro atoms. The SMILES string of the molecule is O=C(NNC(=S)Nc1ccc(S(=O)(=O)N2CCCCC2)cc1)c1ccncc1. The van der Waals surface area contributed by atoms with Crippen molar-refractivity contribution in [2.45, 2.75) is 24.2 Å². The average molecular weight is 420 g/mol. The van der Waals surface area contributed by atoms with Crippen molar-refractivity contribution < 1.29 is 13.2 Å². The number of aromatic nitrogens is 1. The zero-order valence-corrected chi connectivity index (χ0v) is 16.7. The molecule has 1 aliphatic heterocycles. The van der Waals surface area contributed by atoms with Crippen LogP contribution in [-0.2, 0) is 10.0 Å². The Morgan fingerprint density at radius 3 is 2.25 bits per heavy atom. The minimum Gasteiger partial charge on any atom is -0.331 e. The van der Waals surface area contributed by atoms with Gasteiger partial charge in [-0.15, -0.1) is 0 Å². The fourth-order valence-corrected chi connectivity index (χ4v) is 4.50. The first-order valence-electron chi connectivity index (χ1n) is 8.84. The van der Waals surface area contributed by atoms with E-state index in [-0.39, 0.29) is 15.9 Å². The third kappa shape index (κ3) is 5.03. The molecule has 0 atom stereocenters. The highest BCUT2D eigenvalue weighted by atomic mass is 32.2. The molecular formula is C18H21N5O3S2. The minimum atomic E-state index is -3.46. The summed E-state index contributed by atoms with van der Waals surface area (Å²) >= 11 is 5.14. The lowest BCUT2D eigenvalue weighted by molar-refractivity contribution is 0.0944. The summed E-state index contributed by atoms with van der Waals surface area (Å²) in [7, 11) is -3.46. The summed E-state index contributed by atoms with van der Waals surface area (Å²) in [5, 5.41) is 3.07. The monoisotopic (exact) mass is 419 g/mol. The number of carbonyl (C=O) groups is 1. The van der Waals surface area contributed by atoms with Gasteiger partial charge in [-0.3, -0.25) is 20.6 Å². The molecular weight excluding hydrogens is 398 g/mol. The number of hydrogen-bond acceptors (Lipinski definition) is 5. The van der Waals surface area contributed by atoms with Gasteiger partial charge in [-0.05, 0) is 61.5 Å². The quantitative estimate of drug-likeness (QED) is 0.514. The fourth-order valence-electron chi connectivity index (χ4n) is 2.82. The van der Waals surface area contributed by atoms with Gasteiger partial charge < -0.3 is 5.32 Å². The highest BCUT2D eigenvalue weighted by molar-refractivity contribution is 7.89. The smallest absolute Gasteiger partial charge is 0.269 e. The van der Waals surface area contributed by atoms with E-state index in [9.17, 15) is 13.2 Å². The Labute approximate surface area is 169 Å². The number of hydrazine groups is 1. The molecule has 0 aliphatic carbocycles. The van der Waals surface area contributed by atoms with Crippen molar-refractivity contribution in [2.24, 2.45) is 0 Å². The van der Waals surface area contributed by atoms with Gasteiger partial charge in [-0.1, -0.05) is 6.42 Å². The first-order valence-corrected chi connectivity index (χ1v) is 10.7. The number of thiocarbonyl (C=S) groups is 1. The second kappa shape index (κ2) is 9.09. The molecule has 148 valence electrons. The van der Waals surface area contributed by atoms with Crippen LogP contribution in [0.15, 0.2) is 53.7 Å². The van der Waals surface area contributed by atoms with Gasteiger partial charge in [0.2, 0.25) is 10.0 Å². The lowest BCUT2D eigenvalue weighted by Crippen LogP contribution is -2.43. The number of piperidine rings is 1. The summed E-state index contributed by atoms with van der Waals surface area (Å²) in [6.07, 6.45) is 5.89. The first kappa shape index (κ1) is 20.2. The molecule has 1 aromatic carbocycles. The maximum Gasteiger partial charge on any atom is 0.269 e. The summed E-state index contributed by atoms with van der Waals surface area (Å²) < 4.78 is 26.8. The first-order chi connectivity index (χ1) is 13.5. The highest BCUT2D eigenvalue weighted by Crippen LogP contribution is 2.21. The molecule has 10 heteroatoms. The Morgan fingerprint density at radius 1 is 0.964 bits per heavy atom. The van der Waals surface area contributed by atoms with E-state index in [1.54, 1.807) is 36.4 Å². The van der Waals surface area contributed by atoms with Crippen LogP contribution < -0.4 is 16.2 Å². The highest BCUT2D eigenvalue weighted by Gasteiger charge is 2.25. The third-order valence-corrected chi connectivity index (χ3v) is 6.41. The van der Waals surface area contributed by atoms with Gasteiger partial charge in [0.05, 0.1) is 4.90 Å². The Morgan fingerprint density at radius 2 is 1.61 bits per heavy atom. The van der Waals surface area contributed by atoms with Crippen molar-refractivity contribution in [3.8, 4) is 0 Å². The van der Waals surface area contributed by atoms with E-state index in [0.717, 1.165) is 19.3 Å². The zero-order valence-electron chi connectivity index (χ0n) is 15.1. The second-order valence-corrected chi connectivity index (χ2v) is 8.60. The molecule has 0 radical (unpaired) electrons. The van der Waals surface area contributed by atoms with Crippen LogP contribution in [0.4, 0.5) is 5.69 Å². The van der Waals surface area contributed by atoms with Gasteiger partial charge in [0.1, 0.15) is 0 Å². The summed E-state index contributed by atoms with van der Waals surface area (Å²) in [6.45, 7) is 1.13. The number of hydrogen-bond donors (Lipinski definition) is 3. The van der Waals surface area contributed by atoms with Crippen molar-refractivity contribution in [1.82, 2.24) is 20.1 Å². The van der Waals surface area contributed by atoms with E-state index in [1.165, 1.54) is 16.7 Å². The van der Waals surface area contributed by atoms with Crippen molar-refractivity contribution in [3.05, 3.63) is 54.4 Å². The third-order valence-electron chi connectivity index (χ3n) is 4.30. The standard InChI is InChI=1S/C18H21N5O3S2/c24-17(14-8-10-19-11-9-14)21-22-18(27)20-15-4-6-16(7-5-15)28(25,26)23-12-2-1-3-13-23/h4-11H,1-3,12-13H2,(H,21,24)(H2,20,22,27). The Balaban J connectivity index is 1.55. The Kier molecular flexibility index (Phi) is 6.55. The van der Waals surface area contributed by atoms with Gasteiger partial charge in [0.15, 0.2) is 5.11 Å². The normalized spacial score (nSPS) is 14.9. The number of pyridine rings is 1. The van der Waals surface area contributed by atoms with Crippen molar-refractivity contribution >= 4 is 38.9 Å². The van der Waals surface area contributed by atoms with Crippen LogP contribution >= 0.6 is 12.2 Å². The van der Waals surface area contributed by atoms with Gasteiger partial charge in [-0.25, -0.2) is 8.42 Å². The van der Waals surface area contributed by atoms with Gasteiger partial charge >= 0.3 is 0 Å². The molecule has 3 N–H and O–H groups in total. The molecule has 3 rings (SSSR count). The van der Waals surface area contributed by atoms with Gasteiger partial charge in [0, 0.05) is 36.7 Å². The maximum absolute atomic E-state index is 12.6. The van der Waals surface area contributed by atoms with Crippen LogP contribution in [-0.4, -0.2) is 41.8 Å². The van der Waals surface area contributed by atoms with E-state index < -0.39 is 10.0 Å². The summed E-state index contributed by atoms with van der Waals surface area (Å²) in [4.78, 5) is 16.0. The number of benzene rings is 1. The lowest BCUT2D eigenvalue weighted by Gasteiger charge is -2.25. The topological polar surface area (TPSA) is 103 Å².